The molecule has 8 heteroatoms. The summed E-state index contributed by atoms with van der Waals surface area (Å²) in [5.74, 6) is 0.354. The van der Waals surface area contributed by atoms with Crippen molar-refractivity contribution in [1.82, 2.24) is 10.7 Å². The molecule has 0 aliphatic heterocycles. The summed E-state index contributed by atoms with van der Waals surface area (Å²) in [6.07, 6.45) is 0.0692. The summed E-state index contributed by atoms with van der Waals surface area (Å²) in [4.78, 5) is 24.2. The van der Waals surface area contributed by atoms with Crippen LogP contribution in [0.1, 0.15) is 29.3 Å². The van der Waals surface area contributed by atoms with Gasteiger partial charge in [0.1, 0.15) is 0 Å². The number of benzene rings is 2. The molecule has 0 aliphatic carbocycles. The molecule has 148 valence electrons. The summed E-state index contributed by atoms with van der Waals surface area (Å²) in [5, 5.41) is 7.40. The van der Waals surface area contributed by atoms with Gasteiger partial charge in [-0.2, -0.15) is 5.10 Å². The minimum absolute atomic E-state index is 0.0692. The Bertz CT molecular complexity index is 866. The average molecular weight is 404 g/mol. The van der Waals surface area contributed by atoms with Crippen molar-refractivity contribution < 1.29 is 19.1 Å². The van der Waals surface area contributed by atoms with E-state index in [9.17, 15) is 9.59 Å². The number of hydrogen-bond acceptors (Lipinski definition) is 5. The van der Waals surface area contributed by atoms with Crippen LogP contribution in [0.25, 0.3) is 0 Å². The number of amides is 2. The van der Waals surface area contributed by atoms with E-state index in [2.05, 4.69) is 15.8 Å². The molecule has 0 aliphatic rings. The lowest BCUT2D eigenvalue weighted by Crippen LogP contribution is -2.26. The molecule has 28 heavy (non-hydrogen) atoms. The van der Waals surface area contributed by atoms with Crippen molar-refractivity contribution in [3.63, 3.8) is 0 Å². The zero-order valence-corrected chi connectivity index (χ0v) is 16.7. The van der Waals surface area contributed by atoms with Crippen molar-refractivity contribution in [3.05, 3.63) is 58.6 Å². The molecule has 2 aromatic rings. The number of hydrogen-bond donors (Lipinski definition) is 2. The van der Waals surface area contributed by atoms with Gasteiger partial charge in [-0.3, -0.25) is 9.59 Å². The largest absolute Gasteiger partial charge is 0.493 e. The minimum Gasteiger partial charge on any atom is -0.493 e. The number of carbonyl (C=O) groups excluding carboxylic acids is 2. The zero-order chi connectivity index (χ0) is 20.5. The predicted octanol–water partition coefficient (Wildman–Crippen LogP) is 3.17. The summed E-state index contributed by atoms with van der Waals surface area (Å²) >= 11 is 5.83. The number of ether oxygens (including phenoxy) is 2. The Morgan fingerprint density at radius 3 is 2.36 bits per heavy atom. The van der Waals surface area contributed by atoms with Crippen LogP contribution in [0, 0.1) is 0 Å². The maximum absolute atomic E-state index is 12.2. The molecule has 2 N–H and O–H groups in total. The highest BCUT2D eigenvalue weighted by Crippen LogP contribution is 2.27. The molecule has 2 rings (SSSR count). The number of carbonyl (C=O) groups is 2. The third-order valence-electron chi connectivity index (χ3n) is 3.81. The van der Waals surface area contributed by atoms with Gasteiger partial charge in [0.2, 0.25) is 5.91 Å². The molecule has 0 spiro atoms. The van der Waals surface area contributed by atoms with Crippen LogP contribution in [0.15, 0.2) is 47.6 Å². The molecule has 0 radical (unpaired) electrons. The van der Waals surface area contributed by atoms with E-state index >= 15 is 0 Å². The van der Waals surface area contributed by atoms with Gasteiger partial charge in [-0.05, 0) is 42.8 Å². The zero-order valence-electron chi connectivity index (χ0n) is 15.9. The van der Waals surface area contributed by atoms with Crippen LogP contribution in [0.5, 0.6) is 11.5 Å². The Balaban J connectivity index is 1.86. The highest BCUT2D eigenvalue weighted by molar-refractivity contribution is 6.30. The SMILES string of the molecule is COc1ccc(C(=O)N/N=C(\C)CC(=O)NCc2ccc(Cl)cc2)cc1OC. The summed E-state index contributed by atoms with van der Waals surface area (Å²) < 4.78 is 10.3. The normalized spacial score (nSPS) is 10.9. The third-order valence-corrected chi connectivity index (χ3v) is 4.07. The number of rotatable bonds is 8. The van der Waals surface area contributed by atoms with E-state index < -0.39 is 5.91 Å². The van der Waals surface area contributed by atoms with E-state index in [1.807, 2.05) is 12.1 Å². The second kappa shape index (κ2) is 10.3. The standard InChI is InChI=1S/C20H22ClN3O4/c1-13(10-19(25)22-12-14-4-7-16(21)8-5-14)23-24-20(26)15-6-9-17(27-2)18(11-15)28-3/h4-9,11H,10,12H2,1-3H3,(H,22,25)(H,24,26)/b23-13+. The van der Waals surface area contributed by atoms with Crippen LogP contribution in [-0.2, 0) is 11.3 Å². The lowest BCUT2D eigenvalue weighted by atomic mass is 10.2. The first-order valence-corrected chi connectivity index (χ1v) is 8.87. The minimum atomic E-state index is -0.415. The average Bonchev–Trinajstić information content (AvgIpc) is 2.71. The molecule has 0 atom stereocenters. The fourth-order valence-corrected chi connectivity index (χ4v) is 2.45. The van der Waals surface area contributed by atoms with Gasteiger partial charge in [0.25, 0.3) is 5.91 Å². The smallest absolute Gasteiger partial charge is 0.271 e. The lowest BCUT2D eigenvalue weighted by Gasteiger charge is -2.09. The molecule has 0 saturated heterocycles. The monoisotopic (exact) mass is 403 g/mol. The molecule has 0 bridgehead atoms. The van der Waals surface area contributed by atoms with E-state index in [1.165, 1.54) is 14.2 Å². The molecule has 0 unspecified atom stereocenters. The van der Waals surface area contributed by atoms with Crippen LogP contribution in [-0.4, -0.2) is 31.7 Å². The molecular weight excluding hydrogens is 382 g/mol. The molecule has 0 fully saturated rings. The highest BCUT2D eigenvalue weighted by Gasteiger charge is 2.11. The van der Waals surface area contributed by atoms with Crippen molar-refractivity contribution in [3.8, 4) is 11.5 Å². The van der Waals surface area contributed by atoms with Gasteiger partial charge in [-0.15, -0.1) is 0 Å². The second-order valence-corrected chi connectivity index (χ2v) is 6.37. The van der Waals surface area contributed by atoms with E-state index in [0.29, 0.717) is 34.3 Å². The van der Waals surface area contributed by atoms with Gasteiger partial charge in [-0.1, -0.05) is 23.7 Å². The number of nitrogens with zero attached hydrogens (tertiary/aromatic N) is 1. The second-order valence-electron chi connectivity index (χ2n) is 5.94. The van der Waals surface area contributed by atoms with E-state index in [4.69, 9.17) is 21.1 Å². The first kappa shape index (κ1) is 21.2. The van der Waals surface area contributed by atoms with Crippen molar-refractivity contribution in [1.29, 1.82) is 0 Å². The summed E-state index contributed by atoms with van der Waals surface area (Å²) in [7, 11) is 3.01. The van der Waals surface area contributed by atoms with E-state index in [1.54, 1.807) is 37.3 Å². The van der Waals surface area contributed by atoms with Gasteiger partial charge in [0, 0.05) is 22.8 Å². The molecule has 0 saturated carbocycles. The van der Waals surface area contributed by atoms with Crippen LogP contribution in [0.2, 0.25) is 5.02 Å². The Morgan fingerprint density at radius 2 is 1.71 bits per heavy atom. The Hall–Kier alpha value is -3.06. The first-order chi connectivity index (χ1) is 13.4. The number of nitrogens with one attached hydrogen (secondary N) is 2. The van der Waals surface area contributed by atoms with Gasteiger partial charge in [0.05, 0.1) is 20.6 Å². The summed E-state index contributed by atoms with van der Waals surface area (Å²) in [5.41, 5.74) is 4.21. The van der Waals surface area contributed by atoms with Gasteiger partial charge in [0.15, 0.2) is 11.5 Å². The number of hydrazone groups is 1. The molecule has 2 amide bonds. The maximum Gasteiger partial charge on any atom is 0.271 e. The fourth-order valence-electron chi connectivity index (χ4n) is 2.33. The van der Waals surface area contributed by atoms with Crippen molar-refractivity contribution in [2.24, 2.45) is 5.10 Å². The summed E-state index contributed by atoms with van der Waals surface area (Å²) in [6, 6.07) is 12.0. The lowest BCUT2D eigenvalue weighted by molar-refractivity contribution is -0.120. The number of halogens is 1. The molecule has 0 aromatic heterocycles. The maximum atomic E-state index is 12.2. The highest BCUT2D eigenvalue weighted by atomic mass is 35.5. The van der Waals surface area contributed by atoms with Crippen LogP contribution < -0.4 is 20.2 Å². The molecule has 0 heterocycles. The molecule has 7 nitrogen and oxygen atoms in total. The third kappa shape index (κ3) is 6.28. The first-order valence-electron chi connectivity index (χ1n) is 8.49. The van der Waals surface area contributed by atoms with Gasteiger partial charge in [-0.25, -0.2) is 5.43 Å². The number of methoxy groups -OCH3 is 2. The molecular formula is C20H22ClN3O4. The van der Waals surface area contributed by atoms with Gasteiger partial charge >= 0.3 is 0 Å². The van der Waals surface area contributed by atoms with Crippen molar-refractivity contribution in [2.45, 2.75) is 19.9 Å². The van der Waals surface area contributed by atoms with Crippen LogP contribution in [0.3, 0.4) is 0 Å². The Kier molecular flexibility index (Phi) is 7.83. The Labute approximate surface area is 168 Å². The van der Waals surface area contributed by atoms with E-state index in [0.717, 1.165) is 5.56 Å². The van der Waals surface area contributed by atoms with Crippen molar-refractivity contribution in [2.75, 3.05) is 14.2 Å². The predicted molar refractivity (Wildman–Crippen MR) is 108 cm³/mol. The summed E-state index contributed by atoms with van der Waals surface area (Å²) in [6.45, 7) is 2.05. The van der Waals surface area contributed by atoms with Crippen LogP contribution >= 0.6 is 11.6 Å². The fraction of sp³-hybridized carbons (Fsp3) is 0.250. The van der Waals surface area contributed by atoms with Crippen LogP contribution in [0.4, 0.5) is 0 Å². The Morgan fingerprint density at radius 1 is 1.04 bits per heavy atom. The quantitative estimate of drug-likeness (QED) is 0.523. The van der Waals surface area contributed by atoms with Crippen molar-refractivity contribution >= 4 is 29.1 Å². The molecule has 2 aromatic carbocycles. The van der Waals surface area contributed by atoms with E-state index in [-0.39, 0.29) is 12.3 Å². The topological polar surface area (TPSA) is 89.0 Å². The van der Waals surface area contributed by atoms with Gasteiger partial charge < -0.3 is 14.8 Å².